The van der Waals surface area contributed by atoms with E-state index in [9.17, 15) is 45.6 Å². The number of hydrogen-bond acceptors (Lipinski definition) is 12. The summed E-state index contributed by atoms with van der Waals surface area (Å²) >= 11 is 0. The molecule has 33 heavy (non-hydrogen) atoms. The van der Waals surface area contributed by atoms with E-state index in [4.69, 9.17) is 9.47 Å². The van der Waals surface area contributed by atoms with Gasteiger partial charge in [0.15, 0.2) is 41.0 Å². The first-order valence-electron chi connectivity index (χ1n) is 9.66. The van der Waals surface area contributed by atoms with Gasteiger partial charge < -0.3 is 55.1 Å². The maximum absolute atomic E-state index is 11.3. The Bertz CT molecular complexity index is 1140. The molecular weight excluding hydrogens is 444 g/mol. The third kappa shape index (κ3) is 3.85. The summed E-state index contributed by atoms with van der Waals surface area (Å²) in [5.41, 5.74) is 0.373. The number of carbonyl (C=O) groups excluding carboxylic acids is 1. The van der Waals surface area contributed by atoms with E-state index in [1.165, 1.54) is 18.2 Å². The Morgan fingerprint density at radius 1 is 0.970 bits per heavy atom. The van der Waals surface area contributed by atoms with E-state index >= 15 is 0 Å². The molecule has 0 saturated heterocycles. The fourth-order valence-electron chi connectivity index (χ4n) is 3.63. The molecule has 4 rings (SSSR count). The Labute approximate surface area is 185 Å². The highest BCUT2D eigenvalue weighted by Crippen LogP contribution is 2.50. The van der Waals surface area contributed by atoms with Crippen LogP contribution < -0.4 is 9.47 Å². The Hall–Kier alpha value is -4.03. The number of aliphatic hydroxyl groups is 4. The molecule has 8 N–H and O–H groups in total. The fraction of sp³-hybridized carbons (Fsp3) is 0.286. The Kier molecular flexibility index (Phi) is 5.47. The number of phenolic OH excluding ortho intramolecular Hbond substituents is 4. The Morgan fingerprint density at radius 3 is 2.33 bits per heavy atom. The lowest BCUT2D eigenvalue weighted by Gasteiger charge is -2.32. The zero-order valence-corrected chi connectivity index (χ0v) is 16.7. The summed E-state index contributed by atoms with van der Waals surface area (Å²) < 4.78 is 15.9. The predicted molar refractivity (Wildman–Crippen MR) is 106 cm³/mol. The van der Waals surface area contributed by atoms with Crippen molar-refractivity contribution in [2.45, 2.75) is 30.8 Å². The molecule has 0 aliphatic carbocycles. The fourth-order valence-corrected chi connectivity index (χ4v) is 3.63. The second kappa shape index (κ2) is 8.15. The summed E-state index contributed by atoms with van der Waals surface area (Å²) in [5.74, 6) is -5.42. The van der Waals surface area contributed by atoms with Gasteiger partial charge in [-0.2, -0.15) is 0 Å². The van der Waals surface area contributed by atoms with Crippen LogP contribution in [-0.4, -0.2) is 71.7 Å². The second-order valence-corrected chi connectivity index (χ2v) is 7.55. The van der Waals surface area contributed by atoms with Gasteiger partial charge in [0.05, 0.1) is 6.10 Å². The van der Waals surface area contributed by atoms with Gasteiger partial charge in [0.25, 0.3) is 0 Å². The summed E-state index contributed by atoms with van der Waals surface area (Å²) in [7, 11) is 0. The summed E-state index contributed by atoms with van der Waals surface area (Å²) in [6, 6.07) is 4.72. The predicted octanol–water partition coefficient (Wildman–Crippen LogP) is 0.539. The van der Waals surface area contributed by atoms with Gasteiger partial charge in [-0.25, -0.2) is 4.79 Å². The van der Waals surface area contributed by atoms with Crippen molar-refractivity contribution in [2.75, 3.05) is 6.61 Å². The number of esters is 1. The molecule has 2 aromatic carbocycles. The molecule has 2 heterocycles. The first-order valence-corrected chi connectivity index (χ1v) is 9.66. The van der Waals surface area contributed by atoms with Crippen molar-refractivity contribution >= 4 is 5.97 Å². The van der Waals surface area contributed by atoms with Crippen LogP contribution >= 0.6 is 0 Å². The largest absolute Gasteiger partial charge is 0.507 e. The average Bonchev–Trinajstić information content (AvgIpc) is 3.03. The van der Waals surface area contributed by atoms with E-state index < -0.39 is 65.8 Å². The van der Waals surface area contributed by atoms with Gasteiger partial charge in [-0.05, 0) is 17.7 Å². The number of aromatic hydroxyl groups is 4. The van der Waals surface area contributed by atoms with Gasteiger partial charge in [0.1, 0.15) is 18.5 Å². The molecule has 0 amide bonds. The molecule has 2 aliphatic rings. The van der Waals surface area contributed by atoms with E-state index in [0.29, 0.717) is 0 Å². The minimum absolute atomic E-state index is 0.0942. The van der Waals surface area contributed by atoms with Gasteiger partial charge in [-0.3, -0.25) is 0 Å². The zero-order chi connectivity index (χ0) is 24.0. The van der Waals surface area contributed by atoms with Crippen molar-refractivity contribution in [3.63, 3.8) is 0 Å². The first-order chi connectivity index (χ1) is 15.6. The maximum atomic E-state index is 11.3. The summed E-state index contributed by atoms with van der Waals surface area (Å²) in [5, 5.41) is 79.6. The molecule has 2 aliphatic heterocycles. The number of rotatable bonds is 5. The molecule has 0 saturated carbocycles. The molecule has 12 heteroatoms. The van der Waals surface area contributed by atoms with E-state index in [2.05, 4.69) is 4.74 Å². The highest BCUT2D eigenvalue weighted by atomic mass is 16.6. The smallest absolute Gasteiger partial charge is 0.377 e. The van der Waals surface area contributed by atoms with Gasteiger partial charge >= 0.3 is 5.97 Å². The summed E-state index contributed by atoms with van der Waals surface area (Å²) in [6.45, 7) is -0.642. The average molecular weight is 464 g/mol. The number of ether oxygens (including phenoxy) is 3. The highest BCUT2D eigenvalue weighted by Gasteiger charge is 2.40. The molecule has 0 unspecified atom stereocenters. The summed E-state index contributed by atoms with van der Waals surface area (Å²) in [4.78, 5) is 11.3. The normalized spacial score (nSPS) is 23.0. The minimum atomic E-state index is -1.65. The van der Waals surface area contributed by atoms with Gasteiger partial charge in [0, 0.05) is 18.1 Å². The number of hydrogen-bond donors (Lipinski definition) is 8. The molecule has 4 atom stereocenters. The molecule has 0 radical (unpaired) electrons. The number of benzene rings is 2. The topological polar surface area (TPSA) is 207 Å². The zero-order valence-electron chi connectivity index (χ0n) is 16.7. The van der Waals surface area contributed by atoms with Crippen LogP contribution in [0, 0.1) is 0 Å². The molecule has 12 nitrogen and oxygen atoms in total. The number of carbonyl (C=O) groups is 1. The molecule has 2 aromatic rings. The van der Waals surface area contributed by atoms with Crippen LogP contribution in [0.2, 0.25) is 0 Å². The lowest BCUT2D eigenvalue weighted by atomic mass is 9.93. The monoisotopic (exact) mass is 464 g/mol. The quantitative estimate of drug-likeness (QED) is 0.225. The molecule has 0 fully saturated rings. The van der Waals surface area contributed by atoms with E-state index in [1.54, 1.807) is 0 Å². The standard InChI is InChI=1S/C21H20O12/c22-9-2-1-7(3-11(9)24)17-12(25)4-8-10(23)5-13(26)20(18(8)32-17)31-6-14(27)19-15(28)16(29)21(30)33-19/h1-3,5,12,14,17,19,22-29H,4,6H2/t12-,14+,17-,19-/m1/s1. The van der Waals surface area contributed by atoms with Crippen molar-refractivity contribution < 1.29 is 59.9 Å². The molecule has 176 valence electrons. The van der Waals surface area contributed by atoms with Crippen LogP contribution in [0.3, 0.4) is 0 Å². The lowest BCUT2D eigenvalue weighted by molar-refractivity contribution is -0.147. The van der Waals surface area contributed by atoms with Crippen LogP contribution in [0.5, 0.6) is 34.5 Å². The van der Waals surface area contributed by atoms with Crippen LogP contribution in [0.4, 0.5) is 0 Å². The van der Waals surface area contributed by atoms with E-state index in [1.807, 2.05) is 0 Å². The second-order valence-electron chi connectivity index (χ2n) is 7.55. The van der Waals surface area contributed by atoms with Crippen LogP contribution in [0.25, 0.3) is 0 Å². The third-order valence-corrected chi connectivity index (χ3v) is 5.32. The van der Waals surface area contributed by atoms with E-state index in [0.717, 1.165) is 6.07 Å². The number of aliphatic hydroxyl groups excluding tert-OH is 4. The lowest BCUT2D eigenvalue weighted by Crippen LogP contribution is -2.34. The summed E-state index contributed by atoms with van der Waals surface area (Å²) in [6.07, 6.45) is -5.65. The van der Waals surface area contributed by atoms with Gasteiger partial charge in [0.2, 0.25) is 11.5 Å². The molecular formula is C21H20O12. The van der Waals surface area contributed by atoms with Gasteiger partial charge in [-0.1, -0.05) is 6.07 Å². The van der Waals surface area contributed by atoms with Crippen molar-refractivity contribution in [1.82, 2.24) is 0 Å². The van der Waals surface area contributed by atoms with Crippen LogP contribution in [0.1, 0.15) is 17.2 Å². The maximum Gasteiger partial charge on any atom is 0.377 e. The van der Waals surface area contributed by atoms with E-state index in [-0.39, 0.29) is 34.8 Å². The minimum Gasteiger partial charge on any atom is -0.507 e. The van der Waals surface area contributed by atoms with Crippen molar-refractivity contribution in [1.29, 1.82) is 0 Å². The Morgan fingerprint density at radius 2 is 1.70 bits per heavy atom. The highest BCUT2D eigenvalue weighted by molar-refractivity contribution is 5.89. The number of phenols is 4. The Balaban J connectivity index is 1.61. The van der Waals surface area contributed by atoms with Crippen molar-refractivity contribution in [3.05, 3.63) is 46.9 Å². The SMILES string of the molecule is O=C1O[C@H]([C@@H](O)COc2c(O)cc(O)c3c2O[C@H](c2ccc(O)c(O)c2)[C@H](O)C3)C(O)=C1O. The molecule has 0 spiro atoms. The van der Waals surface area contributed by atoms with Crippen LogP contribution in [-0.2, 0) is 16.0 Å². The van der Waals surface area contributed by atoms with Gasteiger partial charge in [-0.15, -0.1) is 0 Å². The van der Waals surface area contributed by atoms with Crippen molar-refractivity contribution in [2.24, 2.45) is 0 Å². The molecule has 0 aromatic heterocycles. The first kappa shape index (κ1) is 22.2. The molecule has 0 bridgehead atoms. The third-order valence-electron chi connectivity index (χ3n) is 5.32. The number of cyclic esters (lactones) is 1. The van der Waals surface area contributed by atoms with Crippen molar-refractivity contribution in [3.8, 4) is 34.5 Å². The number of fused-ring (bicyclic) bond motifs is 1. The van der Waals surface area contributed by atoms with Crippen LogP contribution in [0.15, 0.2) is 35.8 Å².